The van der Waals surface area contributed by atoms with E-state index in [9.17, 15) is 0 Å². The molecule has 0 saturated heterocycles. The molecule has 0 spiro atoms. The van der Waals surface area contributed by atoms with Gasteiger partial charge in [-0.1, -0.05) is 6.07 Å². The molecule has 2 N–H and O–H groups in total. The summed E-state index contributed by atoms with van der Waals surface area (Å²) in [4.78, 5) is 7.12. The third-order valence-electron chi connectivity index (χ3n) is 4.76. The van der Waals surface area contributed by atoms with Crippen molar-refractivity contribution in [3.05, 3.63) is 64.1 Å². The second-order valence-electron chi connectivity index (χ2n) is 6.57. The van der Waals surface area contributed by atoms with Crippen LogP contribution in [-0.4, -0.2) is 18.6 Å². The number of hydrogen-bond acceptors (Lipinski definition) is 6. The molecule has 28 heavy (non-hydrogen) atoms. The Morgan fingerprint density at radius 3 is 2.71 bits per heavy atom. The fraction of sp³-hybridized carbons (Fsp3) is 0.286. The molecule has 0 unspecified atom stereocenters. The molecule has 3 aromatic rings. The van der Waals surface area contributed by atoms with Crippen molar-refractivity contribution in [1.29, 1.82) is 0 Å². The average molecular weight is 418 g/mol. The van der Waals surface area contributed by atoms with Crippen LogP contribution in [0.4, 0.5) is 11.4 Å². The van der Waals surface area contributed by atoms with E-state index in [1.807, 2.05) is 36.4 Å². The van der Waals surface area contributed by atoms with Crippen molar-refractivity contribution in [2.24, 2.45) is 0 Å². The molecular weight excluding hydrogens is 394 g/mol. The average Bonchev–Trinajstić information content (AvgIpc) is 3.15. The van der Waals surface area contributed by atoms with Gasteiger partial charge in [0.05, 0.1) is 19.3 Å². The first-order valence-electron chi connectivity index (χ1n) is 9.05. The predicted octanol–water partition coefficient (Wildman–Crippen LogP) is 4.69. The number of ether oxygens (including phenoxy) is 2. The lowest BCUT2D eigenvalue weighted by atomic mass is 10.00. The molecule has 1 aromatic heterocycles. The Morgan fingerprint density at radius 2 is 1.93 bits per heavy atom. The van der Waals surface area contributed by atoms with Crippen LogP contribution in [0.25, 0.3) is 0 Å². The minimum atomic E-state index is 0. The van der Waals surface area contributed by atoms with Crippen molar-refractivity contribution in [2.75, 3.05) is 24.3 Å². The molecule has 0 radical (unpaired) electrons. The molecule has 0 aliphatic carbocycles. The molecule has 1 aliphatic rings. The van der Waals surface area contributed by atoms with E-state index in [4.69, 9.17) is 20.2 Å². The van der Waals surface area contributed by atoms with Crippen molar-refractivity contribution in [1.82, 2.24) is 4.98 Å². The quantitative estimate of drug-likeness (QED) is 0.589. The molecule has 0 atom stereocenters. The van der Waals surface area contributed by atoms with Crippen LogP contribution < -0.4 is 20.1 Å². The highest BCUT2D eigenvalue weighted by Crippen LogP contribution is 2.32. The van der Waals surface area contributed by atoms with Gasteiger partial charge in [-0.15, -0.1) is 23.7 Å². The third-order valence-corrected chi connectivity index (χ3v) is 5.63. The summed E-state index contributed by atoms with van der Waals surface area (Å²) >= 11 is 1.64. The van der Waals surface area contributed by atoms with E-state index in [0.29, 0.717) is 6.61 Å². The number of hydrogen-bond donors (Lipinski definition) is 1. The van der Waals surface area contributed by atoms with Crippen molar-refractivity contribution in [2.45, 2.75) is 26.0 Å². The maximum Gasteiger partial charge on any atom is 0.140 e. The largest absolute Gasteiger partial charge is 0.497 e. The molecule has 0 amide bonds. The van der Waals surface area contributed by atoms with Crippen LogP contribution in [0, 0.1) is 0 Å². The maximum atomic E-state index is 6.15. The van der Waals surface area contributed by atoms with E-state index < -0.39 is 0 Å². The van der Waals surface area contributed by atoms with Gasteiger partial charge in [-0.3, -0.25) is 0 Å². The Labute approximate surface area is 175 Å². The monoisotopic (exact) mass is 417 g/mol. The highest BCUT2D eigenvalue weighted by Gasteiger charge is 2.19. The smallest absolute Gasteiger partial charge is 0.140 e. The predicted molar refractivity (Wildman–Crippen MR) is 117 cm³/mol. The second kappa shape index (κ2) is 9.17. The van der Waals surface area contributed by atoms with Gasteiger partial charge in [-0.2, -0.15) is 0 Å². The number of rotatable bonds is 6. The van der Waals surface area contributed by atoms with Crippen LogP contribution in [0.1, 0.15) is 22.7 Å². The van der Waals surface area contributed by atoms with Crippen LogP contribution >= 0.6 is 23.7 Å². The lowest BCUT2D eigenvalue weighted by Crippen LogP contribution is -2.29. The zero-order chi connectivity index (χ0) is 18.6. The van der Waals surface area contributed by atoms with E-state index in [2.05, 4.69) is 16.3 Å². The van der Waals surface area contributed by atoms with Gasteiger partial charge in [0.25, 0.3) is 0 Å². The van der Waals surface area contributed by atoms with Gasteiger partial charge in [0.15, 0.2) is 0 Å². The zero-order valence-electron chi connectivity index (χ0n) is 15.8. The number of benzene rings is 2. The van der Waals surface area contributed by atoms with Crippen LogP contribution in [-0.2, 0) is 19.6 Å². The molecule has 2 heterocycles. The third kappa shape index (κ3) is 4.51. The molecule has 4 rings (SSSR count). The summed E-state index contributed by atoms with van der Waals surface area (Å²) in [5.41, 5.74) is 10.6. The molecular formula is C21H24ClN3O2S. The van der Waals surface area contributed by atoms with Gasteiger partial charge in [0, 0.05) is 23.3 Å². The Kier molecular flexibility index (Phi) is 6.65. The summed E-state index contributed by atoms with van der Waals surface area (Å²) < 4.78 is 11.0. The highest BCUT2D eigenvalue weighted by atomic mass is 35.5. The molecule has 0 fully saturated rings. The van der Waals surface area contributed by atoms with Gasteiger partial charge in [0.2, 0.25) is 0 Å². The SMILES string of the molecule is COc1ccc(OCc2nc(CN3CCCc4c(N)cccc43)cs2)cc1.Cl. The number of aromatic nitrogens is 1. The van der Waals surface area contributed by atoms with Crippen molar-refractivity contribution >= 4 is 35.1 Å². The fourth-order valence-electron chi connectivity index (χ4n) is 3.39. The van der Waals surface area contributed by atoms with Crippen molar-refractivity contribution in [3.63, 3.8) is 0 Å². The Hall–Kier alpha value is -2.44. The molecule has 0 saturated carbocycles. The van der Waals surface area contributed by atoms with Gasteiger partial charge in [0.1, 0.15) is 23.1 Å². The van der Waals surface area contributed by atoms with Gasteiger partial charge >= 0.3 is 0 Å². The Morgan fingerprint density at radius 1 is 1.14 bits per heavy atom. The summed E-state index contributed by atoms with van der Waals surface area (Å²) in [6, 6.07) is 13.8. The molecule has 7 heteroatoms. The fourth-order valence-corrected chi connectivity index (χ4v) is 4.09. The second-order valence-corrected chi connectivity index (χ2v) is 7.51. The summed E-state index contributed by atoms with van der Waals surface area (Å²) in [5, 5.41) is 3.10. The first-order valence-corrected chi connectivity index (χ1v) is 9.93. The van der Waals surface area contributed by atoms with E-state index in [0.717, 1.165) is 53.8 Å². The summed E-state index contributed by atoms with van der Waals surface area (Å²) in [7, 11) is 1.65. The van der Waals surface area contributed by atoms with Crippen molar-refractivity contribution < 1.29 is 9.47 Å². The number of nitrogen functional groups attached to an aromatic ring is 1. The van der Waals surface area contributed by atoms with Gasteiger partial charge in [-0.25, -0.2) is 4.98 Å². The first-order chi connectivity index (χ1) is 13.2. The number of anilines is 2. The molecule has 148 valence electrons. The van der Waals surface area contributed by atoms with Gasteiger partial charge < -0.3 is 20.1 Å². The molecule has 2 aromatic carbocycles. The number of methoxy groups -OCH3 is 1. The lowest BCUT2D eigenvalue weighted by molar-refractivity contribution is 0.304. The highest BCUT2D eigenvalue weighted by molar-refractivity contribution is 7.09. The lowest BCUT2D eigenvalue weighted by Gasteiger charge is -2.31. The Bertz CT molecular complexity index is 914. The number of halogens is 1. The molecule has 0 bridgehead atoms. The van der Waals surface area contributed by atoms with Crippen LogP contribution in [0.3, 0.4) is 0 Å². The van der Waals surface area contributed by atoms with E-state index in [1.165, 1.54) is 11.3 Å². The van der Waals surface area contributed by atoms with Crippen LogP contribution in [0.5, 0.6) is 11.5 Å². The van der Waals surface area contributed by atoms with E-state index in [-0.39, 0.29) is 12.4 Å². The topological polar surface area (TPSA) is 60.6 Å². The number of thiazole rings is 1. The maximum absolute atomic E-state index is 6.15. The first kappa shape index (κ1) is 20.3. The van der Waals surface area contributed by atoms with Crippen LogP contribution in [0.15, 0.2) is 47.8 Å². The summed E-state index contributed by atoms with van der Waals surface area (Å²) in [6.07, 6.45) is 2.18. The van der Waals surface area contributed by atoms with E-state index in [1.54, 1.807) is 18.4 Å². The number of nitrogens with zero attached hydrogens (tertiary/aromatic N) is 2. The zero-order valence-corrected chi connectivity index (χ0v) is 17.4. The summed E-state index contributed by atoms with van der Waals surface area (Å²) in [5.74, 6) is 1.63. The minimum absolute atomic E-state index is 0. The number of nitrogens with two attached hydrogens (primary N) is 1. The summed E-state index contributed by atoms with van der Waals surface area (Å²) in [6.45, 7) is 2.31. The number of fused-ring (bicyclic) bond motifs is 1. The standard InChI is InChI=1S/C21H23N3O2S.ClH/c1-25-16-7-9-17(10-8-16)26-13-21-23-15(14-27-21)12-24-11-3-4-18-19(22)5-2-6-20(18)24;/h2,5-10,14H,3-4,11-13,22H2,1H3;1H. The normalized spacial score (nSPS) is 12.8. The Balaban J connectivity index is 0.00000225. The molecule has 5 nitrogen and oxygen atoms in total. The van der Waals surface area contributed by atoms with Gasteiger partial charge in [-0.05, 0) is 54.8 Å². The van der Waals surface area contributed by atoms with E-state index >= 15 is 0 Å². The minimum Gasteiger partial charge on any atom is -0.497 e. The molecule has 1 aliphatic heterocycles. The van der Waals surface area contributed by atoms with Crippen molar-refractivity contribution in [3.8, 4) is 11.5 Å². The van der Waals surface area contributed by atoms with Crippen LogP contribution in [0.2, 0.25) is 0 Å².